The quantitative estimate of drug-likeness (QED) is 0.770. The van der Waals surface area contributed by atoms with Crippen LogP contribution in [0.25, 0.3) is 0 Å². The van der Waals surface area contributed by atoms with Gasteiger partial charge in [0.15, 0.2) is 0 Å². The van der Waals surface area contributed by atoms with Crippen molar-refractivity contribution in [1.29, 1.82) is 0 Å². The molecule has 0 radical (unpaired) electrons. The Balaban J connectivity index is 1.45. The van der Waals surface area contributed by atoms with Gasteiger partial charge in [-0.05, 0) is 55.4 Å². The number of hydrogen-bond donors (Lipinski definition) is 1. The molecule has 1 aromatic heterocycles. The summed E-state index contributed by atoms with van der Waals surface area (Å²) in [4.78, 5) is 12.5. The third-order valence-electron chi connectivity index (χ3n) is 4.65. The molecule has 2 aromatic carbocycles. The lowest BCUT2D eigenvalue weighted by Crippen LogP contribution is -2.13. The number of aromatic nitrogens is 1. The van der Waals surface area contributed by atoms with Gasteiger partial charge < -0.3 is 4.52 Å². The molecule has 0 saturated heterocycles. The summed E-state index contributed by atoms with van der Waals surface area (Å²) in [6.45, 7) is 0. The largest absolute Gasteiger partial charge is 0.338 e. The first-order valence-corrected chi connectivity index (χ1v) is 8.71. The number of fused-ring (bicyclic) bond motifs is 1. The minimum atomic E-state index is -0.157. The summed E-state index contributed by atoms with van der Waals surface area (Å²) in [5.74, 6) is 0.351. The number of nitrogens with one attached hydrogen (secondary N) is 1. The van der Waals surface area contributed by atoms with Gasteiger partial charge in [0.25, 0.3) is 5.91 Å². The van der Waals surface area contributed by atoms with E-state index in [0.29, 0.717) is 11.4 Å². The molecule has 3 aromatic rings. The second-order valence-electron chi connectivity index (χ2n) is 6.46. The standard InChI is InChI=1S/C21H20N2O2/c24-20(22-21-18-8-4-5-9-19(18)23-25-21)17-12-10-16(11-13-17)14-15-6-2-1-3-7-15/h1-3,6-7,10-13H,4-5,8-9,14H2,(H,22,24). The van der Waals surface area contributed by atoms with Crippen molar-refractivity contribution in [2.24, 2.45) is 0 Å². The maximum absolute atomic E-state index is 12.5. The number of benzene rings is 2. The number of amides is 1. The first-order chi connectivity index (χ1) is 12.3. The van der Waals surface area contributed by atoms with Crippen LogP contribution in [0.4, 0.5) is 5.88 Å². The Bertz CT molecular complexity index is 867. The lowest BCUT2D eigenvalue weighted by Gasteiger charge is -2.10. The van der Waals surface area contributed by atoms with Crippen molar-refractivity contribution in [1.82, 2.24) is 5.16 Å². The van der Waals surface area contributed by atoms with E-state index in [1.165, 1.54) is 11.1 Å². The van der Waals surface area contributed by atoms with Gasteiger partial charge in [-0.3, -0.25) is 10.1 Å². The van der Waals surface area contributed by atoms with Crippen LogP contribution >= 0.6 is 0 Å². The molecule has 1 heterocycles. The van der Waals surface area contributed by atoms with Crippen molar-refractivity contribution in [3.8, 4) is 0 Å². The lowest BCUT2D eigenvalue weighted by atomic mass is 9.97. The topological polar surface area (TPSA) is 55.1 Å². The molecule has 1 N–H and O–H groups in total. The summed E-state index contributed by atoms with van der Waals surface area (Å²) in [5, 5.41) is 6.94. The molecule has 4 nitrogen and oxygen atoms in total. The molecule has 4 heteroatoms. The van der Waals surface area contributed by atoms with E-state index < -0.39 is 0 Å². The molecule has 0 fully saturated rings. The maximum atomic E-state index is 12.5. The van der Waals surface area contributed by atoms with Crippen LogP contribution in [-0.4, -0.2) is 11.1 Å². The first kappa shape index (κ1) is 15.6. The lowest BCUT2D eigenvalue weighted by molar-refractivity contribution is 0.102. The predicted octanol–water partition coefficient (Wildman–Crippen LogP) is 4.40. The van der Waals surface area contributed by atoms with Crippen molar-refractivity contribution in [2.45, 2.75) is 32.1 Å². The highest BCUT2D eigenvalue weighted by Gasteiger charge is 2.21. The monoisotopic (exact) mass is 332 g/mol. The molecular formula is C21H20N2O2. The second-order valence-corrected chi connectivity index (χ2v) is 6.46. The molecule has 1 aliphatic rings. The van der Waals surface area contributed by atoms with Gasteiger partial charge >= 0.3 is 0 Å². The van der Waals surface area contributed by atoms with Crippen molar-refractivity contribution in [3.05, 3.63) is 82.5 Å². The second kappa shape index (κ2) is 6.93. The van der Waals surface area contributed by atoms with Crippen LogP contribution in [0.5, 0.6) is 0 Å². The third-order valence-corrected chi connectivity index (χ3v) is 4.65. The summed E-state index contributed by atoms with van der Waals surface area (Å²) < 4.78 is 5.33. The Morgan fingerprint density at radius 2 is 1.68 bits per heavy atom. The fraction of sp³-hybridized carbons (Fsp3) is 0.238. The van der Waals surface area contributed by atoms with Crippen LogP contribution in [-0.2, 0) is 19.3 Å². The van der Waals surface area contributed by atoms with E-state index in [0.717, 1.165) is 43.4 Å². The molecule has 0 spiro atoms. The number of nitrogens with zero attached hydrogens (tertiary/aromatic N) is 1. The summed E-state index contributed by atoms with van der Waals surface area (Å²) >= 11 is 0. The Labute approximate surface area is 146 Å². The highest BCUT2D eigenvalue weighted by atomic mass is 16.5. The zero-order valence-electron chi connectivity index (χ0n) is 14.0. The van der Waals surface area contributed by atoms with Gasteiger partial charge in [-0.1, -0.05) is 47.6 Å². The van der Waals surface area contributed by atoms with Gasteiger partial charge in [0, 0.05) is 11.1 Å². The molecule has 0 saturated carbocycles. The van der Waals surface area contributed by atoms with Crippen molar-refractivity contribution in [2.75, 3.05) is 5.32 Å². The van der Waals surface area contributed by atoms with E-state index in [4.69, 9.17) is 4.52 Å². The Hall–Kier alpha value is -2.88. The highest BCUT2D eigenvalue weighted by molar-refractivity contribution is 6.03. The van der Waals surface area contributed by atoms with Gasteiger partial charge in [0.1, 0.15) is 0 Å². The zero-order valence-corrected chi connectivity index (χ0v) is 14.0. The first-order valence-electron chi connectivity index (χ1n) is 8.71. The molecule has 1 amide bonds. The molecule has 1 aliphatic carbocycles. The Morgan fingerprint density at radius 1 is 0.960 bits per heavy atom. The molecular weight excluding hydrogens is 312 g/mol. The van der Waals surface area contributed by atoms with Crippen LogP contribution in [0, 0.1) is 0 Å². The van der Waals surface area contributed by atoms with Crippen LogP contribution < -0.4 is 5.32 Å². The van der Waals surface area contributed by atoms with Gasteiger partial charge in [0.2, 0.25) is 5.88 Å². The molecule has 0 bridgehead atoms. The van der Waals surface area contributed by atoms with Gasteiger partial charge in [0.05, 0.1) is 5.69 Å². The summed E-state index contributed by atoms with van der Waals surface area (Å²) in [6, 6.07) is 18.0. The fourth-order valence-corrected chi connectivity index (χ4v) is 3.27. The van der Waals surface area contributed by atoms with E-state index in [1.807, 2.05) is 42.5 Å². The van der Waals surface area contributed by atoms with Gasteiger partial charge in [-0.2, -0.15) is 0 Å². The molecule has 126 valence electrons. The van der Waals surface area contributed by atoms with Crippen LogP contribution in [0.2, 0.25) is 0 Å². The normalized spacial score (nSPS) is 13.3. The minimum Gasteiger partial charge on any atom is -0.338 e. The minimum absolute atomic E-state index is 0.157. The van der Waals surface area contributed by atoms with E-state index in [2.05, 4.69) is 22.6 Å². The fourth-order valence-electron chi connectivity index (χ4n) is 3.27. The number of hydrogen-bond acceptors (Lipinski definition) is 3. The van der Waals surface area contributed by atoms with Gasteiger partial charge in [-0.15, -0.1) is 0 Å². The van der Waals surface area contributed by atoms with E-state index in [9.17, 15) is 4.79 Å². The molecule has 4 rings (SSSR count). The third kappa shape index (κ3) is 3.48. The summed E-state index contributed by atoms with van der Waals surface area (Å²) in [6.07, 6.45) is 4.97. The van der Waals surface area contributed by atoms with E-state index in [-0.39, 0.29) is 5.91 Å². The molecule has 0 unspecified atom stereocenters. The highest BCUT2D eigenvalue weighted by Crippen LogP contribution is 2.27. The maximum Gasteiger partial charge on any atom is 0.258 e. The average Bonchev–Trinajstić information content (AvgIpc) is 3.06. The number of carbonyl (C=O) groups is 1. The van der Waals surface area contributed by atoms with Crippen molar-refractivity contribution < 1.29 is 9.32 Å². The van der Waals surface area contributed by atoms with Gasteiger partial charge in [-0.25, -0.2) is 0 Å². The van der Waals surface area contributed by atoms with E-state index >= 15 is 0 Å². The summed E-state index contributed by atoms with van der Waals surface area (Å²) in [7, 11) is 0. The van der Waals surface area contributed by atoms with Crippen LogP contribution in [0.3, 0.4) is 0 Å². The number of carbonyl (C=O) groups excluding carboxylic acids is 1. The smallest absolute Gasteiger partial charge is 0.258 e. The van der Waals surface area contributed by atoms with Crippen LogP contribution in [0.15, 0.2) is 59.1 Å². The van der Waals surface area contributed by atoms with Crippen molar-refractivity contribution in [3.63, 3.8) is 0 Å². The van der Waals surface area contributed by atoms with E-state index in [1.54, 1.807) is 0 Å². The SMILES string of the molecule is O=C(Nc1onc2c1CCCC2)c1ccc(Cc2ccccc2)cc1. The number of aryl methyl sites for hydroxylation is 1. The molecule has 0 atom stereocenters. The molecule has 0 aliphatic heterocycles. The predicted molar refractivity (Wildman–Crippen MR) is 96.8 cm³/mol. The zero-order chi connectivity index (χ0) is 17.1. The van der Waals surface area contributed by atoms with Crippen LogP contribution in [0.1, 0.15) is 45.6 Å². The average molecular weight is 332 g/mol. The summed E-state index contributed by atoms with van der Waals surface area (Å²) in [5.41, 5.74) is 5.10. The van der Waals surface area contributed by atoms with Crippen molar-refractivity contribution >= 4 is 11.8 Å². The number of anilines is 1. The Morgan fingerprint density at radius 3 is 2.48 bits per heavy atom. The molecule has 25 heavy (non-hydrogen) atoms. The number of rotatable bonds is 4. The Kier molecular flexibility index (Phi) is 4.34.